The molecule has 1 atom stereocenters. The largest absolute Gasteiger partial charge is 0.433 e. The molecule has 0 bridgehead atoms. The highest BCUT2D eigenvalue weighted by Gasteiger charge is 2.33. The first-order valence-electron chi connectivity index (χ1n) is 9.67. The van der Waals surface area contributed by atoms with E-state index in [-0.39, 0.29) is 5.52 Å². The number of aryl methyl sites for hydroxylation is 1. The fourth-order valence-electron chi connectivity index (χ4n) is 3.62. The van der Waals surface area contributed by atoms with Crippen LogP contribution in [0.25, 0.3) is 42.3 Å². The van der Waals surface area contributed by atoms with Gasteiger partial charge in [-0.05, 0) is 11.6 Å². The quantitative estimate of drug-likeness (QED) is 0.280. The van der Waals surface area contributed by atoms with E-state index in [0.717, 1.165) is 31.5 Å². The van der Waals surface area contributed by atoms with Crippen molar-refractivity contribution in [2.45, 2.75) is 18.0 Å². The van der Waals surface area contributed by atoms with E-state index in [1.807, 2.05) is 37.3 Å². The van der Waals surface area contributed by atoms with Gasteiger partial charge in [-0.15, -0.1) is 22.7 Å². The Bertz CT molecular complexity index is 1480. The average molecular weight is 492 g/mol. The van der Waals surface area contributed by atoms with Gasteiger partial charge in [0.05, 0.1) is 47.2 Å². The predicted octanol–water partition coefficient (Wildman–Crippen LogP) is 6.72. The maximum Gasteiger partial charge on any atom is 0.433 e. The molecular weight excluding hydrogens is 475 g/mol. The first-order chi connectivity index (χ1) is 15.3. The average Bonchev–Trinajstić information content (AvgIpc) is 3.44. The lowest BCUT2D eigenvalue weighted by Gasteiger charge is -2.05. The van der Waals surface area contributed by atoms with Crippen LogP contribution < -0.4 is 0 Å². The van der Waals surface area contributed by atoms with Gasteiger partial charge in [0.15, 0.2) is 5.82 Å². The molecule has 0 aliphatic rings. The topological polar surface area (TPSA) is 47.8 Å². The molecule has 0 amide bonds. The first-order valence-corrected chi connectivity index (χ1v) is 12.7. The number of rotatable bonds is 4. The lowest BCUT2D eigenvalue weighted by atomic mass is 10.1. The summed E-state index contributed by atoms with van der Waals surface area (Å²) in [5, 5.41) is 2.06. The minimum Gasteiger partial charge on any atom is -0.325 e. The molecule has 0 aliphatic carbocycles. The first kappa shape index (κ1) is 21.3. The van der Waals surface area contributed by atoms with Crippen LogP contribution >= 0.6 is 22.7 Å². The van der Waals surface area contributed by atoms with E-state index < -0.39 is 22.7 Å². The third-order valence-electron chi connectivity index (χ3n) is 5.20. The zero-order valence-electron chi connectivity index (χ0n) is 16.9. The maximum atomic E-state index is 13.1. The van der Waals surface area contributed by atoms with Crippen LogP contribution in [0.4, 0.5) is 13.2 Å². The third kappa shape index (κ3) is 3.37. The minimum atomic E-state index is -4.54. The molecule has 1 unspecified atom stereocenters. The van der Waals surface area contributed by atoms with E-state index >= 15 is 0 Å². The van der Waals surface area contributed by atoms with Gasteiger partial charge in [0.25, 0.3) is 0 Å². The number of nitrogens with zero attached hydrogens (tertiary/aromatic N) is 3. The van der Waals surface area contributed by atoms with Crippen molar-refractivity contribution in [2.24, 2.45) is 7.05 Å². The van der Waals surface area contributed by atoms with Crippen LogP contribution in [0.3, 0.4) is 0 Å². The minimum absolute atomic E-state index is 0.207. The van der Waals surface area contributed by atoms with Gasteiger partial charge in [-0.1, -0.05) is 37.3 Å². The van der Waals surface area contributed by atoms with Crippen LogP contribution in [0.5, 0.6) is 0 Å². The molecule has 4 heterocycles. The van der Waals surface area contributed by atoms with Crippen LogP contribution in [0.1, 0.15) is 12.6 Å². The summed E-state index contributed by atoms with van der Waals surface area (Å²) in [5.74, 6) is 0.923. The Morgan fingerprint density at radius 3 is 2.59 bits per heavy atom. The Labute approximate surface area is 191 Å². The number of thiophene rings is 2. The van der Waals surface area contributed by atoms with Crippen molar-refractivity contribution in [1.29, 1.82) is 0 Å². The molecule has 10 heteroatoms. The maximum absolute atomic E-state index is 13.1. The molecule has 0 radical (unpaired) electrons. The Hall–Kier alpha value is -2.56. The monoisotopic (exact) mass is 491 g/mol. The molecule has 0 saturated heterocycles. The van der Waals surface area contributed by atoms with Gasteiger partial charge in [0.2, 0.25) is 0 Å². The van der Waals surface area contributed by atoms with Crippen molar-refractivity contribution in [2.75, 3.05) is 5.75 Å². The lowest BCUT2D eigenvalue weighted by Crippen LogP contribution is -2.07. The predicted molar refractivity (Wildman–Crippen MR) is 125 cm³/mol. The fourth-order valence-corrected chi connectivity index (χ4v) is 7.88. The van der Waals surface area contributed by atoms with E-state index in [1.54, 1.807) is 11.6 Å². The number of aromatic nitrogens is 3. The van der Waals surface area contributed by atoms with Crippen LogP contribution in [0.2, 0.25) is 0 Å². The molecule has 0 spiro atoms. The summed E-state index contributed by atoms with van der Waals surface area (Å²) in [4.78, 5) is 9.50. The summed E-state index contributed by atoms with van der Waals surface area (Å²) >= 11 is 3.01. The fraction of sp³-hybridized carbons (Fsp3) is 0.182. The zero-order valence-corrected chi connectivity index (χ0v) is 19.4. The van der Waals surface area contributed by atoms with Crippen molar-refractivity contribution in [1.82, 2.24) is 14.5 Å². The van der Waals surface area contributed by atoms with Crippen molar-refractivity contribution in [3.05, 3.63) is 53.7 Å². The Morgan fingerprint density at radius 1 is 1.16 bits per heavy atom. The molecule has 0 saturated carbocycles. The van der Waals surface area contributed by atoms with E-state index in [9.17, 15) is 17.4 Å². The molecule has 4 aromatic heterocycles. The summed E-state index contributed by atoms with van der Waals surface area (Å²) in [7, 11) is 0.475. The van der Waals surface area contributed by atoms with Gasteiger partial charge in [0, 0.05) is 23.7 Å². The van der Waals surface area contributed by atoms with E-state index in [4.69, 9.17) is 0 Å². The number of imidazole rings is 1. The highest BCUT2D eigenvalue weighted by atomic mass is 32.2. The SMILES string of the molecule is CCS(=O)c1c(-c2nc3cc(C(F)(F)F)ncc3n2C)sc2c(-c3ccccc3)csc12. The van der Waals surface area contributed by atoms with Crippen LogP contribution in [0.15, 0.2) is 52.9 Å². The second-order valence-electron chi connectivity index (χ2n) is 7.12. The summed E-state index contributed by atoms with van der Waals surface area (Å²) in [5.41, 5.74) is 1.82. The number of pyridine rings is 1. The van der Waals surface area contributed by atoms with E-state index in [2.05, 4.69) is 15.3 Å². The molecule has 164 valence electrons. The van der Waals surface area contributed by atoms with E-state index in [1.165, 1.54) is 28.9 Å². The molecule has 0 fully saturated rings. The second kappa shape index (κ2) is 7.79. The van der Waals surface area contributed by atoms with Gasteiger partial charge < -0.3 is 4.57 Å². The van der Waals surface area contributed by atoms with Crippen LogP contribution in [0, 0.1) is 0 Å². The van der Waals surface area contributed by atoms with Gasteiger partial charge in [-0.2, -0.15) is 13.2 Å². The number of halogens is 3. The van der Waals surface area contributed by atoms with Crippen molar-refractivity contribution >= 4 is 53.9 Å². The molecule has 5 rings (SSSR count). The van der Waals surface area contributed by atoms with Crippen LogP contribution in [-0.4, -0.2) is 24.5 Å². The van der Waals surface area contributed by atoms with Gasteiger partial charge in [-0.25, -0.2) is 9.97 Å². The molecule has 4 nitrogen and oxygen atoms in total. The standard InChI is InChI=1S/C22H16F3N3OS3/c1-3-32(29)20-18-17(13(11-30-18)12-7-5-4-6-8-12)31-19(20)21-27-14-9-16(22(23,24)25)26-10-15(14)28(21)2/h4-11H,3H2,1-2H3. The Kier molecular flexibility index (Phi) is 5.18. The van der Waals surface area contributed by atoms with Crippen LogP contribution in [-0.2, 0) is 24.0 Å². The highest BCUT2D eigenvalue weighted by molar-refractivity contribution is 7.85. The smallest absolute Gasteiger partial charge is 0.325 e. The molecule has 0 N–H and O–H groups in total. The number of alkyl halides is 3. The number of benzene rings is 1. The summed E-state index contributed by atoms with van der Waals surface area (Å²) in [6.45, 7) is 1.85. The summed E-state index contributed by atoms with van der Waals surface area (Å²) in [6.07, 6.45) is -3.35. The lowest BCUT2D eigenvalue weighted by molar-refractivity contribution is -0.141. The van der Waals surface area contributed by atoms with Crippen molar-refractivity contribution in [3.8, 4) is 21.8 Å². The second-order valence-corrected chi connectivity index (χ2v) is 10.7. The van der Waals surface area contributed by atoms with Crippen molar-refractivity contribution < 1.29 is 17.4 Å². The molecular formula is C22H16F3N3OS3. The molecule has 0 aliphatic heterocycles. The van der Waals surface area contributed by atoms with Crippen molar-refractivity contribution in [3.63, 3.8) is 0 Å². The Morgan fingerprint density at radius 2 is 1.91 bits per heavy atom. The molecule has 5 aromatic rings. The number of hydrogen-bond acceptors (Lipinski definition) is 5. The molecule has 32 heavy (non-hydrogen) atoms. The third-order valence-corrected chi connectivity index (χ3v) is 9.19. The highest BCUT2D eigenvalue weighted by Crippen LogP contribution is 2.48. The summed E-state index contributed by atoms with van der Waals surface area (Å²) in [6, 6.07) is 10.9. The normalized spacial score (nSPS) is 13.3. The number of hydrogen-bond donors (Lipinski definition) is 0. The van der Waals surface area contributed by atoms with Gasteiger partial charge in [0.1, 0.15) is 5.69 Å². The molecule has 1 aromatic carbocycles. The summed E-state index contributed by atoms with van der Waals surface area (Å²) < 4.78 is 56.1. The van der Waals surface area contributed by atoms with Gasteiger partial charge in [-0.3, -0.25) is 4.21 Å². The van der Waals surface area contributed by atoms with Gasteiger partial charge >= 0.3 is 6.18 Å². The van der Waals surface area contributed by atoms with E-state index in [0.29, 0.717) is 22.0 Å². The zero-order chi connectivity index (χ0) is 22.6. The Balaban J connectivity index is 1.76. The number of fused-ring (bicyclic) bond motifs is 2.